The highest BCUT2D eigenvalue weighted by molar-refractivity contribution is 9.10. The quantitative estimate of drug-likeness (QED) is 0.904. The van der Waals surface area contributed by atoms with Crippen LogP contribution in [-0.2, 0) is 15.6 Å². The van der Waals surface area contributed by atoms with Gasteiger partial charge in [-0.1, -0.05) is 41.1 Å². The fourth-order valence-corrected chi connectivity index (χ4v) is 3.87. The Balaban J connectivity index is 2.77. The lowest BCUT2D eigenvalue weighted by molar-refractivity contribution is 0.573. The molecule has 0 radical (unpaired) electrons. The molecule has 2 N–H and O–H groups in total. The van der Waals surface area contributed by atoms with Crippen LogP contribution < -0.4 is 5.73 Å². The predicted molar refractivity (Wildman–Crippen MR) is 69.9 cm³/mol. The molecule has 0 saturated heterocycles. The van der Waals surface area contributed by atoms with Crippen LogP contribution >= 0.6 is 15.9 Å². The van der Waals surface area contributed by atoms with Crippen LogP contribution in [-0.4, -0.2) is 20.7 Å². The normalized spacial score (nSPS) is 13.7. The highest BCUT2D eigenvalue weighted by Gasteiger charge is 2.16. The second-order valence-corrected chi connectivity index (χ2v) is 6.95. The molecule has 0 aromatic heterocycles. The monoisotopic (exact) mass is 305 g/mol. The molecule has 0 saturated carbocycles. The molecule has 1 unspecified atom stereocenters. The Morgan fingerprint density at radius 1 is 1.38 bits per heavy atom. The van der Waals surface area contributed by atoms with Crippen LogP contribution in [0.15, 0.2) is 28.7 Å². The van der Waals surface area contributed by atoms with Gasteiger partial charge in [0.05, 0.1) is 11.5 Å². The van der Waals surface area contributed by atoms with Gasteiger partial charge in [-0.05, 0) is 24.1 Å². The van der Waals surface area contributed by atoms with Crippen molar-refractivity contribution in [3.05, 3.63) is 34.3 Å². The van der Waals surface area contributed by atoms with E-state index in [-0.39, 0.29) is 17.4 Å². The molecular formula is C11H16BrNO2S. The second-order valence-electron chi connectivity index (χ2n) is 3.99. The highest BCUT2D eigenvalue weighted by Crippen LogP contribution is 2.19. The summed E-state index contributed by atoms with van der Waals surface area (Å²) in [6.07, 6.45) is 0. The van der Waals surface area contributed by atoms with Crippen LogP contribution in [0.25, 0.3) is 0 Å². The summed E-state index contributed by atoms with van der Waals surface area (Å²) in [7, 11) is -3.08. The zero-order valence-corrected chi connectivity index (χ0v) is 11.6. The smallest absolute Gasteiger partial charge is 0.154 e. The first-order valence-corrected chi connectivity index (χ1v) is 7.70. The Morgan fingerprint density at radius 2 is 2.00 bits per heavy atom. The molecule has 0 fully saturated rings. The molecule has 1 aromatic carbocycles. The van der Waals surface area contributed by atoms with Gasteiger partial charge >= 0.3 is 0 Å². The van der Waals surface area contributed by atoms with Crippen molar-refractivity contribution in [1.29, 1.82) is 0 Å². The Kier molecular flexibility index (Phi) is 4.95. The summed E-state index contributed by atoms with van der Waals surface area (Å²) in [4.78, 5) is 0. The lowest BCUT2D eigenvalue weighted by Crippen LogP contribution is -2.22. The van der Waals surface area contributed by atoms with Crippen molar-refractivity contribution in [3.63, 3.8) is 0 Å². The molecule has 0 aliphatic rings. The third kappa shape index (κ3) is 4.23. The van der Waals surface area contributed by atoms with Gasteiger partial charge in [-0.25, -0.2) is 8.42 Å². The summed E-state index contributed by atoms with van der Waals surface area (Å²) in [6, 6.07) is 7.36. The van der Waals surface area contributed by atoms with Crippen molar-refractivity contribution in [2.75, 3.05) is 12.3 Å². The highest BCUT2D eigenvalue weighted by atomic mass is 79.9. The minimum Gasteiger partial charge on any atom is -0.330 e. The Bertz CT molecular complexity index is 445. The molecule has 0 aliphatic carbocycles. The summed E-state index contributed by atoms with van der Waals surface area (Å²) in [5.74, 6) is 0.219. The molecule has 0 heterocycles. The van der Waals surface area contributed by atoms with E-state index in [1.54, 1.807) is 0 Å². The van der Waals surface area contributed by atoms with Crippen molar-refractivity contribution >= 4 is 25.8 Å². The van der Waals surface area contributed by atoms with Crippen molar-refractivity contribution in [3.8, 4) is 0 Å². The van der Waals surface area contributed by atoms with Crippen LogP contribution in [0.5, 0.6) is 0 Å². The van der Waals surface area contributed by atoms with Crippen LogP contribution in [0, 0.1) is 5.92 Å². The van der Waals surface area contributed by atoms with Crippen LogP contribution in [0.2, 0.25) is 0 Å². The number of rotatable bonds is 5. The maximum absolute atomic E-state index is 11.8. The average Bonchev–Trinajstić information content (AvgIpc) is 2.20. The molecule has 0 aliphatic heterocycles. The third-order valence-corrected chi connectivity index (χ3v) is 4.88. The number of hydrogen-bond acceptors (Lipinski definition) is 3. The topological polar surface area (TPSA) is 60.2 Å². The number of hydrogen-bond donors (Lipinski definition) is 1. The van der Waals surface area contributed by atoms with E-state index in [4.69, 9.17) is 5.73 Å². The molecule has 3 nitrogen and oxygen atoms in total. The first-order chi connectivity index (χ1) is 7.44. The fraction of sp³-hybridized carbons (Fsp3) is 0.455. The van der Waals surface area contributed by atoms with Crippen LogP contribution in [0.3, 0.4) is 0 Å². The zero-order valence-electron chi connectivity index (χ0n) is 9.19. The lowest BCUT2D eigenvalue weighted by Gasteiger charge is -2.10. The maximum Gasteiger partial charge on any atom is 0.154 e. The van der Waals surface area contributed by atoms with E-state index in [9.17, 15) is 8.42 Å². The van der Waals surface area contributed by atoms with Gasteiger partial charge in [0.1, 0.15) is 0 Å². The molecule has 16 heavy (non-hydrogen) atoms. The van der Waals surface area contributed by atoms with Crippen molar-refractivity contribution in [2.45, 2.75) is 12.7 Å². The fourth-order valence-electron chi connectivity index (χ4n) is 1.41. The molecule has 1 aromatic rings. The Labute approximate surface area is 105 Å². The maximum atomic E-state index is 11.8. The third-order valence-electron chi connectivity index (χ3n) is 2.27. The number of sulfone groups is 1. The lowest BCUT2D eigenvalue weighted by atomic mass is 10.2. The standard InChI is InChI=1S/C11H16BrNO2S/c1-9(6-13)7-16(14,15)8-10-4-2-3-5-11(10)12/h2-5,9H,6-8,13H2,1H3. The molecule has 1 rings (SSSR count). The first-order valence-electron chi connectivity index (χ1n) is 5.08. The molecule has 5 heteroatoms. The van der Waals surface area contributed by atoms with E-state index in [1.165, 1.54) is 0 Å². The number of halogens is 1. The zero-order chi connectivity index (χ0) is 12.2. The number of benzene rings is 1. The van der Waals surface area contributed by atoms with Gasteiger partial charge in [-0.15, -0.1) is 0 Å². The SMILES string of the molecule is CC(CN)CS(=O)(=O)Cc1ccccc1Br. The predicted octanol–water partition coefficient (Wildman–Crippen LogP) is 1.96. The van der Waals surface area contributed by atoms with E-state index >= 15 is 0 Å². The van der Waals surface area contributed by atoms with Crippen LogP contribution in [0.1, 0.15) is 12.5 Å². The van der Waals surface area contributed by atoms with Gasteiger partial charge in [0, 0.05) is 4.47 Å². The summed E-state index contributed by atoms with van der Waals surface area (Å²) in [6.45, 7) is 2.24. The van der Waals surface area contributed by atoms with Crippen LogP contribution in [0.4, 0.5) is 0 Å². The van der Waals surface area contributed by atoms with Gasteiger partial charge in [0.15, 0.2) is 9.84 Å². The first kappa shape index (κ1) is 13.7. The molecular weight excluding hydrogens is 290 g/mol. The van der Waals surface area contributed by atoms with E-state index in [2.05, 4.69) is 15.9 Å². The van der Waals surface area contributed by atoms with E-state index in [1.807, 2.05) is 31.2 Å². The molecule has 0 spiro atoms. The summed E-state index contributed by atoms with van der Waals surface area (Å²) < 4.78 is 24.5. The van der Waals surface area contributed by atoms with Crippen molar-refractivity contribution in [2.24, 2.45) is 11.7 Å². The minimum absolute atomic E-state index is 0.00693. The van der Waals surface area contributed by atoms with Gasteiger partial charge in [-0.3, -0.25) is 0 Å². The minimum atomic E-state index is -3.08. The summed E-state index contributed by atoms with van der Waals surface area (Å²) in [5.41, 5.74) is 6.23. The van der Waals surface area contributed by atoms with E-state index < -0.39 is 9.84 Å². The molecule has 1 atom stereocenters. The Hall–Kier alpha value is -0.390. The van der Waals surface area contributed by atoms with Crippen molar-refractivity contribution < 1.29 is 8.42 Å². The van der Waals surface area contributed by atoms with Crippen molar-refractivity contribution in [1.82, 2.24) is 0 Å². The molecule has 0 bridgehead atoms. The van der Waals surface area contributed by atoms with Gasteiger partial charge in [-0.2, -0.15) is 0 Å². The second kappa shape index (κ2) is 5.80. The Morgan fingerprint density at radius 3 is 2.56 bits per heavy atom. The van der Waals surface area contributed by atoms with Gasteiger partial charge in [0.2, 0.25) is 0 Å². The van der Waals surface area contributed by atoms with E-state index in [0.717, 1.165) is 10.0 Å². The summed E-state index contributed by atoms with van der Waals surface area (Å²) in [5, 5.41) is 0. The average molecular weight is 306 g/mol. The molecule has 0 amide bonds. The number of nitrogens with two attached hydrogens (primary N) is 1. The van der Waals surface area contributed by atoms with Gasteiger partial charge < -0.3 is 5.73 Å². The summed E-state index contributed by atoms with van der Waals surface area (Å²) >= 11 is 3.34. The molecule has 90 valence electrons. The largest absolute Gasteiger partial charge is 0.330 e. The van der Waals surface area contributed by atoms with E-state index in [0.29, 0.717) is 6.54 Å². The van der Waals surface area contributed by atoms with Gasteiger partial charge in [0.25, 0.3) is 0 Å².